The molecule has 0 radical (unpaired) electrons. The van der Waals surface area contributed by atoms with E-state index in [0.29, 0.717) is 0 Å². The molecule has 0 aliphatic heterocycles. The van der Waals surface area contributed by atoms with E-state index in [4.69, 9.17) is 0 Å². The molecule has 1 N–H and O–H groups in total. The van der Waals surface area contributed by atoms with Gasteiger partial charge in [0.25, 0.3) is 0 Å². The van der Waals surface area contributed by atoms with Gasteiger partial charge in [0.2, 0.25) is 0 Å². The van der Waals surface area contributed by atoms with Crippen molar-refractivity contribution in [2.75, 3.05) is 0 Å². The normalized spacial score (nSPS) is 13.1. The van der Waals surface area contributed by atoms with Gasteiger partial charge in [0.1, 0.15) is 6.10 Å². The summed E-state index contributed by atoms with van der Waals surface area (Å²) in [5, 5.41) is 12.2. The van der Waals surface area contributed by atoms with E-state index in [1.54, 1.807) is 22.7 Å². The highest BCUT2D eigenvalue weighted by molar-refractivity contribution is 9.11. The van der Waals surface area contributed by atoms with Crippen LogP contribution in [0.15, 0.2) is 21.3 Å². The molecular weight excluding hydrogens is 292 g/mol. The number of aliphatic hydroxyl groups is 1. The Balaban J connectivity index is 2.31. The molecule has 0 aromatic carbocycles. The van der Waals surface area contributed by atoms with Crippen molar-refractivity contribution >= 4 is 38.6 Å². The fourth-order valence-electron chi connectivity index (χ4n) is 1.39. The van der Waals surface area contributed by atoms with E-state index in [-0.39, 0.29) is 0 Å². The summed E-state index contributed by atoms with van der Waals surface area (Å²) in [4.78, 5) is 2.23. The molecule has 1 unspecified atom stereocenters. The van der Waals surface area contributed by atoms with Crippen molar-refractivity contribution in [1.82, 2.24) is 0 Å². The van der Waals surface area contributed by atoms with Crippen LogP contribution >= 0.6 is 38.6 Å². The van der Waals surface area contributed by atoms with Crippen molar-refractivity contribution in [2.45, 2.75) is 20.0 Å². The molecule has 0 aliphatic carbocycles. The number of aliphatic hydroxyl groups excluding tert-OH is 1. The average molecular weight is 303 g/mol. The Labute approximate surface area is 106 Å². The third-order valence-electron chi connectivity index (χ3n) is 2.21. The molecule has 4 heteroatoms. The second-order valence-corrected chi connectivity index (χ2v) is 7.02. The molecule has 0 spiro atoms. The van der Waals surface area contributed by atoms with Crippen LogP contribution in [-0.4, -0.2) is 5.11 Å². The number of hydrogen-bond donors (Lipinski definition) is 1. The molecule has 0 bridgehead atoms. The van der Waals surface area contributed by atoms with Gasteiger partial charge in [-0.05, 0) is 58.4 Å². The number of thiophene rings is 2. The van der Waals surface area contributed by atoms with Gasteiger partial charge in [-0.25, -0.2) is 0 Å². The molecule has 0 fully saturated rings. The molecule has 2 aromatic heterocycles. The first kappa shape index (κ1) is 11.3. The Morgan fingerprint density at radius 2 is 2.07 bits per heavy atom. The minimum absolute atomic E-state index is 0.482. The molecule has 80 valence electrons. The fourth-order valence-corrected chi connectivity index (χ4v) is 3.70. The van der Waals surface area contributed by atoms with Gasteiger partial charge < -0.3 is 5.11 Å². The summed E-state index contributed by atoms with van der Waals surface area (Å²) in [7, 11) is 0. The Bertz CT molecular complexity index is 453. The van der Waals surface area contributed by atoms with Gasteiger partial charge in [0.05, 0.1) is 3.79 Å². The first-order chi connectivity index (χ1) is 7.08. The largest absolute Gasteiger partial charge is 0.383 e. The van der Waals surface area contributed by atoms with Gasteiger partial charge in [-0.1, -0.05) is 0 Å². The van der Waals surface area contributed by atoms with Crippen LogP contribution in [-0.2, 0) is 0 Å². The van der Waals surface area contributed by atoms with Crippen LogP contribution in [0.1, 0.15) is 27.0 Å². The van der Waals surface area contributed by atoms with Crippen LogP contribution in [0.5, 0.6) is 0 Å². The summed E-state index contributed by atoms with van der Waals surface area (Å²) in [6.45, 7) is 4.09. The Morgan fingerprint density at radius 1 is 1.33 bits per heavy atom. The lowest BCUT2D eigenvalue weighted by molar-refractivity contribution is 0.224. The zero-order chi connectivity index (χ0) is 11.0. The van der Waals surface area contributed by atoms with Crippen LogP contribution in [0.4, 0.5) is 0 Å². The lowest BCUT2D eigenvalue weighted by Crippen LogP contribution is -1.94. The summed E-state index contributed by atoms with van der Waals surface area (Å²) in [6, 6.07) is 4.07. The molecule has 0 amide bonds. The minimum Gasteiger partial charge on any atom is -0.383 e. The summed E-state index contributed by atoms with van der Waals surface area (Å²) >= 11 is 6.74. The number of aryl methyl sites for hydroxylation is 2. The van der Waals surface area contributed by atoms with Crippen molar-refractivity contribution < 1.29 is 5.11 Å². The highest BCUT2D eigenvalue weighted by Crippen LogP contribution is 2.35. The lowest BCUT2D eigenvalue weighted by atomic mass is 10.1. The van der Waals surface area contributed by atoms with Crippen molar-refractivity contribution in [3.05, 3.63) is 42.2 Å². The highest BCUT2D eigenvalue weighted by atomic mass is 79.9. The van der Waals surface area contributed by atoms with E-state index in [0.717, 1.165) is 14.2 Å². The monoisotopic (exact) mass is 302 g/mol. The quantitative estimate of drug-likeness (QED) is 0.878. The first-order valence-electron chi connectivity index (χ1n) is 4.57. The summed E-state index contributed by atoms with van der Waals surface area (Å²) < 4.78 is 1.10. The van der Waals surface area contributed by atoms with Crippen LogP contribution < -0.4 is 0 Å². The van der Waals surface area contributed by atoms with Crippen LogP contribution in [0.25, 0.3) is 0 Å². The number of hydrogen-bond acceptors (Lipinski definition) is 3. The van der Waals surface area contributed by atoms with E-state index >= 15 is 0 Å². The second-order valence-electron chi connectivity index (χ2n) is 3.50. The molecular formula is C11H11BrOS2. The van der Waals surface area contributed by atoms with Gasteiger partial charge in [-0.2, -0.15) is 0 Å². The topological polar surface area (TPSA) is 20.2 Å². The molecule has 0 saturated heterocycles. The predicted molar refractivity (Wildman–Crippen MR) is 69.9 cm³/mol. The first-order valence-corrected chi connectivity index (χ1v) is 7.06. The minimum atomic E-state index is -0.482. The number of halogens is 1. The Morgan fingerprint density at radius 3 is 2.53 bits per heavy atom. The molecule has 1 atom stereocenters. The van der Waals surface area contributed by atoms with E-state index in [1.165, 1.54) is 10.4 Å². The second kappa shape index (κ2) is 4.37. The van der Waals surface area contributed by atoms with E-state index in [1.807, 2.05) is 24.4 Å². The predicted octanol–water partition coefficient (Wildman–Crippen LogP) is 4.27. The maximum Gasteiger partial charge on any atom is 0.114 e. The van der Waals surface area contributed by atoms with Gasteiger partial charge in [0.15, 0.2) is 0 Å². The Hall–Kier alpha value is -0.160. The van der Waals surface area contributed by atoms with Gasteiger partial charge in [-0.15, -0.1) is 22.7 Å². The van der Waals surface area contributed by atoms with Crippen molar-refractivity contribution in [3.8, 4) is 0 Å². The molecule has 0 saturated carbocycles. The summed E-state index contributed by atoms with van der Waals surface area (Å²) in [5.41, 5.74) is 2.17. The summed E-state index contributed by atoms with van der Waals surface area (Å²) in [5.74, 6) is 0. The van der Waals surface area contributed by atoms with Gasteiger partial charge in [0, 0.05) is 9.75 Å². The SMILES string of the molecule is Cc1cc(C(O)c2cc(C)c(Br)s2)cs1. The Kier molecular flexibility index (Phi) is 3.30. The standard InChI is InChI=1S/C11H11BrOS2/c1-6-3-9(15-11(6)12)10(13)8-4-7(2)14-5-8/h3-5,10,13H,1-2H3. The molecule has 2 rings (SSSR count). The molecule has 2 heterocycles. The maximum absolute atomic E-state index is 10.1. The van der Waals surface area contributed by atoms with E-state index < -0.39 is 6.10 Å². The zero-order valence-electron chi connectivity index (χ0n) is 8.45. The average Bonchev–Trinajstić information content (AvgIpc) is 2.74. The van der Waals surface area contributed by atoms with Crippen molar-refractivity contribution in [1.29, 1.82) is 0 Å². The zero-order valence-corrected chi connectivity index (χ0v) is 11.7. The van der Waals surface area contributed by atoms with E-state index in [9.17, 15) is 5.11 Å². The lowest BCUT2D eigenvalue weighted by Gasteiger charge is -2.04. The third kappa shape index (κ3) is 2.33. The van der Waals surface area contributed by atoms with Crippen LogP contribution in [0.3, 0.4) is 0 Å². The summed E-state index contributed by atoms with van der Waals surface area (Å²) in [6.07, 6.45) is -0.482. The van der Waals surface area contributed by atoms with E-state index in [2.05, 4.69) is 22.9 Å². The molecule has 15 heavy (non-hydrogen) atoms. The van der Waals surface area contributed by atoms with Gasteiger partial charge >= 0.3 is 0 Å². The number of rotatable bonds is 2. The molecule has 0 aliphatic rings. The van der Waals surface area contributed by atoms with Crippen LogP contribution in [0, 0.1) is 13.8 Å². The smallest absolute Gasteiger partial charge is 0.114 e. The molecule has 2 aromatic rings. The third-order valence-corrected chi connectivity index (χ3v) is 5.28. The van der Waals surface area contributed by atoms with Crippen LogP contribution in [0.2, 0.25) is 0 Å². The maximum atomic E-state index is 10.1. The highest BCUT2D eigenvalue weighted by Gasteiger charge is 2.15. The van der Waals surface area contributed by atoms with Crippen molar-refractivity contribution in [3.63, 3.8) is 0 Å². The fraction of sp³-hybridized carbons (Fsp3) is 0.273. The molecule has 1 nitrogen and oxygen atoms in total. The van der Waals surface area contributed by atoms with Crippen molar-refractivity contribution in [2.24, 2.45) is 0 Å². The van der Waals surface area contributed by atoms with Gasteiger partial charge in [-0.3, -0.25) is 0 Å².